The van der Waals surface area contributed by atoms with Gasteiger partial charge in [-0.25, -0.2) is 4.79 Å². The average Bonchev–Trinajstić information content (AvgIpc) is 3.56. The van der Waals surface area contributed by atoms with E-state index in [2.05, 4.69) is 29.4 Å². The van der Waals surface area contributed by atoms with E-state index in [4.69, 9.17) is 0 Å². The van der Waals surface area contributed by atoms with Crippen molar-refractivity contribution >= 4 is 35.1 Å². The summed E-state index contributed by atoms with van der Waals surface area (Å²) in [6, 6.07) is 13.4. The number of hydrogen-bond acceptors (Lipinski definition) is 5. The molecular weight excluding hydrogens is 458 g/mol. The van der Waals surface area contributed by atoms with Gasteiger partial charge in [0.15, 0.2) is 0 Å². The summed E-state index contributed by atoms with van der Waals surface area (Å²) in [6.45, 7) is 2.54. The number of hydrogen-bond donors (Lipinski definition) is 1. The molecule has 9 nitrogen and oxygen atoms in total. The summed E-state index contributed by atoms with van der Waals surface area (Å²) in [5.74, 6) is -0.947. The molecule has 6 rings (SSSR count). The highest BCUT2D eigenvalue weighted by molar-refractivity contribution is 6.08. The SMILES string of the molecule is CN1CCCC1c1ccc(N2CCN(c3ccc4c(c3)CN(C3CCC(=O)NC3=O)C4=O)C2=O)cc1. The van der Waals surface area contributed by atoms with Crippen molar-refractivity contribution in [3.63, 3.8) is 0 Å². The van der Waals surface area contributed by atoms with Gasteiger partial charge in [0, 0.05) is 49.0 Å². The van der Waals surface area contributed by atoms with Crippen LogP contribution in [0.15, 0.2) is 42.5 Å². The van der Waals surface area contributed by atoms with Gasteiger partial charge in [-0.3, -0.25) is 34.4 Å². The van der Waals surface area contributed by atoms with Crippen molar-refractivity contribution in [2.75, 3.05) is 36.5 Å². The van der Waals surface area contributed by atoms with Crippen LogP contribution in [0.25, 0.3) is 0 Å². The van der Waals surface area contributed by atoms with Crippen LogP contribution in [0.2, 0.25) is 0 Å². The molecule has 0 aromatic heterocycles. The smallest absolute Gasteiger partial charge is 0.322 e. The van der Waals surface area contributed by atoms with Crippen LogP contribution < -0.4 is 15.1 Å². The van der Waals surface area contributed by atoms with E-state index in [9.17, 15) is 19.2 Å². The Morgan fingerprint density at radius 2 is 1.56 bits per heavy atom. The maximum Gasteiger partial charge on any atom is 0.329 e. The molecule has 0 spiro atoms. The molecule has 4 heterocycles. The van der Waals surface area contributed by atoms with E-state index >= 15 is 0 Å². The summed E-state index contributed by atoms with van der Waals surface area (Å²) >= 11 is 0. The molecule has 2 atom stereocenters. The number of imide groups is 1. The molecule has 4 aliphatic rings. The first kappa shape index (κ1) is 22.7. The summed E-state index contributed by atoms with van der Waals surface area (Å²) in [4.78, 5) is 57.5. The molecular formula is C27H29N5O4. The predicted octanol–water partition coefficient (Wildman–Crippen LogP) is 2.66. The van der Waals surface area contributed by atoms with E-state index in [1.807, 2.05) is 18.2 Å². The maximum atomic E-state index is 13.3. The van der Waals surface area contributed by atoms with Gasteiger partial charge in [-0.05, 0) is 74.3 Å². The van der Waals surface area contributed by atoms with Crippen molar-refractivity contribution in [3.05, 3.63) is 59.2 Å². The molecule has 2 aromatic carbocycles. The second kappa shape index (κ2) is 8.74. The Morgan fingerprint density at radius 3 is 2.25 bits per heavy atom. The molecule has 4 aliphatic heterocycles. The number of piperidine rings is 1. The lowest BCUT2D eigenvalue weighted by Gasteiger charge is -2.29. The number of fused-ring (bicyclic) bond motifs is 1. The van der Waals surface area contributed by atoms with E-state index in [0.717, 1.165) is 29.9 Å². The van der Waals surface area contributed by atoms with Crippen LogP contribution in [0, 0.1) is 0 Å². The van der Waals surface area contributed by atoms with Gasteiger partial charge >= 0.3 is 6.03 Å². The highest BCUT2D eigenvalue weighted by Crippen LogP contribution is 2.34. The van der Waals surface area contributed by atoms with Crippen molar-refractivity contribution < 1.29 is 19.2 Å². The highest BCUT2D eigenvalue weighted by Gasteiger charge is 2.40. The third-order valence-electron chi connectivity index (χ3n) is 7.94. The summed E-state index contributed by atoms with van der Waals surface area (Å²) in [7, 11) is 2.15. The lowest BCUT2D eigenvalue weighted by molar-refractivity contribution is -0.136. The number of amides is 5. The van der Waals surface area contributed by atoms with Crippen LogP contribution in [0.4, 0.5) is 16.2 Å². The number of carbonyl (C=O) groups is 4. The predicted molar refractivity (Wildman–Crippen MR) is 134 cm³/mol. The Bertz CT molecular complexity index is 1260. The van der Waals surface area contributed by atoms with E-state index in [1.54, 1.807) is 21.9 Å². The van der Waals surface area contributed by atoms with Crippen LogP contribution >= 0.6 is 0 Å². The fourth-order valence-corrected chi connectivity index (χ4v) is 5.95. The number of likely N-dealkylation sites (tertiary alicyclic amines) is 1. The van der Waals surface area contributed by atoms with Crippen molar-refractivity contribution in [2.24, 2.45) is 0 Å². The summed E-state index contributed by atoms with van der Waals surface area (Å²) < 4.78 is 0. The summed E-state index contributed by atoms with van der Waals surface area (Å²) in [5.41, 5.74) is 4.24. The molecule has 0 aliphatic carbocycles. The first-order valence-electron chi connectivity index (χ1n) is 12.6. The molecule has 0 radical (unpaired) electrons. The topological polar surface area (TPSA) is 93.3 Å². The van der Waals surface area contributed by atoms with Crippen molar-refractivity contribution in [1.82, 2.24) is 15.1 Å². The quantitative estimate of drug-likeness (QED) is 0.670. The van der Waals surface area contributed by atoms with Gasteiger partial charge in [-0.1, -0.05) is 12.1 Å². The van der Waals surface area contributed by atoms with Gasteiger partial charge in [0.25, 0.3) is 5.91 Å². The van der Waals surface area contributed by atoms with E-state index in [-0.39, 0.29) is 30.8 Å². The zero-order valence-corrected chi connectivity index (χ0v) is 20.3. The molecule has 186 valence electrons. The number of carbonyl (C=O) groups excluding carboxylic acids is 4. The number of benzene rings is 2. The van der Waals surface area contributed by atoms with E-state index < -0.39 is 11.9 Å². The highest BCUT2D eigenvalue weighted by atomic mass is 16.2. The van der Waals surface area contributed by atoms with Crippen LogP contribution in [0.1, 0.15) is 53.2 Å². The fourth-order valence-electron chi connectivity index (χ4n) is 5.95. The minimum atomic E-state index is -0.651. The molecule has 9 heteroatoms. The molecule has 1 N–H and O–H groups in total. The van der Waals surface area contributed by atoms with Gasteiger partial charge in [0.05, 0.1) is 0 Å². The lowest BCUT2D eigenvalue weighted by atomic mass is 10.0. The van der Waals surface area contributed by atoms with Crippen LogP contribution in [-0.2, 0) is 16.1 Å². The Kier molecular flexibility index (Phi) is 5.52. The molecule has 3 saturated heterocycles. The first-order valence-corrected chi connectivity index (χ1v) is 12.6. The summed E-state index contributed by atoms with van der Waals surface area (Å²) in [6.07, 6.45) is 2.92. The minimum absolute atomic E-state index is 0.0907. The number of rotatable bonds is 4. The van der Waals surface area contributed by atoms with Crippen molar-refractivity contribution in [1.29, 1.82) is 0 Å². The standard InChI is InChI=1S/C27H29N5O4/c1-29-12-2-3-22(29)17-4-6-19(7-5-17)30-13-14-31(27(30)36)20-8-9-21-18(15-20)16-32(26(21)35)23-10-11-24(33)28-25(23)34/h4-9,15,22-23H,2-3,10-14,16H2,1H3,(H,28,33,34). The Balaban J connectivity index is 1.17. The van der Waals surface area contributed by atoms with E-state index in [0.29, 0.717) is 31.1 Å². The molecule has 2 unspecified atom stereocenters. The summed E-state index contributed by atoms with van der Waals surface area (Å²) in [5, 5.41) is 2.32. The maximum absolute atomic E-state index is 13.3. The minimum Gasteiger partial charge on any atom is -0.322 e. The fraction of sp³-hybridized carbons (Fsp3) is 0.407. The number of urea groups is 1. The van der Waals surface area contributed by atoms with Gasteiger partial charge in [0.2, 0.25) is 11.8 Å². The monoisotopic (exact) mass is 487 g/mol. The zero-order chi connectivity index (χ0) is 25.0. The first-order chi connectivity index (χ1) is 17.4. The third-order valence-corrected chi connectivity index (χ3v) is 7.94. The zero-order valence-electron chi connectivity index (χ0n) is 20.3. The normalized spacial score (nSPS) is 24.6. The third kappa shape index (κ3) is 3.74. The van der Waals surface area contributed by atoms with Gasteiger partial charge in [0.1, 0.15) is 6.04 Å². The molecule has 0 saturated carbocycles. The van der Waals surface area contributed by atoms with Gasteiger partial charge in [-0.2, -0.15) is 0 Å². The molecule has 3 fully saturated rings. The number of anilines is 2. The average molecular weight is 488 g/mol. The molecule has 36 heavy (non-hydrogen) atoms. The van der Waals surface area contributed by atoms with Gasteiger partial charge < -0.3 is 4.90 Å². The molecule has 5 amide bonds. The molecule has 2 aromatic rings. The number of nitrogens with zero attached hydrogens (tertiary/aromatic N) is 4. The Labute approximate surface area is 209 Å². The van der Waals surface area contributed by atoms with Crippen molar-refractivity contribution in [2.45, 2.75) is 44.3 Å². The largest absolute Gasteiger partial charge is 0.329 e. The molecule has 0 bridgehead atoms. The van der Waals surface area contributed by atoms with Gasteiger partial charge in [-0.15, -0.1) is 0 Å². The Morgan fingerprint density at radius 1 is 0.833 bits per heavy atom. The second-order valence-electron chi connectivity index (χ2n) is 10.1. The lowest BCUT2D eigenvalue weighted by Crippen LogP contribution is -2.52. The number of nitrogens with one attached hydrogen (secondary N) is 1. The van der Waals surface area contributed by atoms with Crippen LogP contribution in [0.5, 0.6) is 0 Å². The Hall–Kier alpha value is -3.72. The van der Waals surface area contributed by atoms with E-state index in [1.165, 1.54) is 16.9 Å². The second-order valence-corrected chi connectivity index (χ2v) is 10.1. The van der Waals surface area contributed by atoms with Crippen molar-refractivity contribution in [3.8, 4) is 0 Å². The van der Waals surface area contributed by atoms with Crippen LogP contribution in [0.3, 0.4) is 0 Å². The van der Waals surface area contributed by atoms with Crippen LogP contribution in [-0.4, -0.2) is 66.3 Å².